The molecule has 8 heteroatoms. The number of carbonyl (C=O) groups is 3. The first kappa shape index (κ1) is 26.7. The molecule has 2 atom stereocenters. The molecule has 0 bridgehead atoms. The van der Waals surface area contributed by atoms with Gasteiger partial charge in [-0.2, -0.15) is 0 Å². The molecular formula is C27H40N4O4. The van der Waals surface area contributed by atoms with E-state index in [1.54, 1.807) is 0 Å². The summed E-state index contributed by atoms with van der Waals surface area (Å²) in [6.07, 6.45) is 7.73. The maximum absolute atomic E-state index is 13.4. The van der Waals surface area contributed by atoms with Gasteiger partial charge in [-0.3, -0.25) is 14.4 Å². The van der Waals surface area contributed by atoms with Crippen molar-refractivity contribution < 1.29 is 19.1 Å². The smallest absolute Gasteiger partial charge is 0.246 e. The lowest BCUT2D eigenvalue weighted by Crippen LogP contribution is -2.63. The number of hydrogen-bond donors (Lipinski definition) is 4. The molecule has 35 heavy (non-hydrogen) atoms. The van der Waals surface area contributed by atoms with Crippen molar-refractivity contribution >= 4 is 23.8 Å². The number of benzene rings is 1. The molecule has 1 saturated carbocycles. The van der Waals surface area contributed by atoms with Crippen LogP contribution in [0.15, 0.2) is 30.3 Å². The summed E-state index contributed by atoms with van der Waals surface area (Å²) >= 11 is 0. The molecule has 1 heterocycles. The number of ether oxygens (including phenoxy) is 1. The quantitative estimate of drug-likeness (QED) is 0.527. The number of para-hydroxylation sites is 1. The summed E-state index contributed by atoms with van der Waals surface area (Å²) in [5, 5.41) is 12.2. The van der Waals surface area contributed by atoms with E-state index >= 15 is 0 Å². The first-order valence-corrected chi connectivity index (χ1v) is 12.9. The third-order valence-electron chi connectivity index (χ3n) is 6.67. The first-order chi connectivity index (χ1) is 16.8. The molecule has 1 aromatic rings. The van der Waals surface area contributed by atoms with Crippen molar-refractivity contribution in [2.75, 3.05) is 19.7 Å². The van der Waals surface area contributed by atoms with E-state index in [0.717, 1.165) is 24.2 Å². The zero-order valence-corrected chi connectivity index (χ0v) is 21.2. The lowest BCUT2D eigenvalue weighted by molar-refractivity contribution is -0.136. The molecule has 0 saturated heterocycles. The monoisotopic (exact) mass is 484 g/mol. The van der Waals surface area contributed by atoms with Gasteiger partial charge in [0.2, 0.25) is 17.7 Å². The highest BCUT2D eigenvalue weighted by Crippen LogP contribution is 2.30. The number of fused-ring (bicyclic) bond motifs is 1. The highest BCUT2D eigenvalue weighted by Gasteiger charge is 2.44. The van der Waals surface area contributed by atoms with E-state index in [1.165, 1.54) is 0 Å². The van der Waals surface area contributed by atoms with Crippen molar-refractivity contribution in [2.45, 2.75) is 76.9 Å². The average Bonchev–Trinajstić information content (AvgIpc) is 3.31. The van der Waals surface area contributed by atoms with Gasteiger partial charge in [-0.1, -0.05) is 64.0 Å². The van der Waals surface area contributed by atoms with Crippen molar-refractivity contribution in [3.63, 3.8) is 0 Å². The third kappa shape index (κ3) is 7.31. The molecule has 2 aliphatic rings. The molecule has 1 aromatic carbocycles. The molecule has 1 fully saturated rings. The Labute approximate surface area is 208 Å². The second kappa shape index (κ2) is 12.7. The van der Waals surface area contributed by atoms with Gasteiger partial charge in [0.15, 0.2) is 0 Å². The Morgan fingerprint density at radius 3 is 2.51 bits per heavy atom. The first-order valence-electron chi connectivity index (χ1n) is 12.9. The van der Waals surface area contributed by atoms with Crippen molar-refractivity contribution in [1.82, 2.24) is 21.3 Å². The fourth-order valence-corrected chi connectivity index (χ4v) is 4.73. The van der Waals surface area contributed by atoms with Crippen LogP contribution in [-0.2, 0) is 14.4 Å². The van der Waals surface area contributed by atoms with Crippen LogP contribution in [-0.4, -0.2) is 55.0 Å². The largest absolute Gasteiger partial charge is 0.492 e. The van der Waals surface area contributed by atoms with Gasteiger partial charge < -0.3 is 26.0 Å². The highest BCUT2D eigenvalue weighted by molar-refractivity contribution is 5.96. The summed E-state index contributed by atoms with van der Waals surface area (Å²) in [4.78, 5) is 39.6. The van der Waals surface area contributed by atoms with Gasteiger partial charge in [-0.25, -0.2) is 0 Å². The van der Waals surface area contributed by atoms with E-state index in [-0.39, 0.29) is 17.7 Å². The molecule has 4 N–H and O–H groups in total. The lowest BCUT2D eigenvalue weighted by atomic mass is 9.93. The van der Waals surface area contributed by atoms with E-state index in [0.29, 0.717) is 51.3 Å². The standard InChI is InChI=1S/C27H40N4O4/c1-4-21-24(32)29-15-9-11-20-10-5-6-12-23(20)35-17-16-28-22(18-19(2)3)25(33)31-27(26(34)30-21)13-7-8-14-27/h5-6,9-12,19,21-22,28H,4,7-8,13-18H2,1-3H3,(H,29,32)(H,30,34)(H,31,33)/b11-9-/t21-,22-/m0/s1. The van der Waals surface area contributed by atoms with Crippen molar-refractivity contribution in [3.8, 4) is 5.75 Å². The van der Waals surface area contributed by atoms with Gasteiger partial charge in [-0.15, -0.1) is 0 Å². The molecule has 0 radical (unpaired) electrons. The molecule has 0 aromatic heterocycles. The van der Waals surface area contributed by atoms with Gasteiger partial charge in [0.25, 0.3) is 0 Å². The Kier molecular flexibility index (Phi) is 9.72. The summed E-state index contributed by atoms with van der Waals surface area (Å²) in [6, 6.07) is 6.59. The highest BCUT2D eigenvalue weighted by atomic mass is 16.5. The minimum absolute atomic E-state index is 0.183. The van der Waals surface area contributed by atoms with Gasteiger partial charge in [0, 0.05) is 18.7 Å². The molecule has 0 unspecified atom stereocenters. The number of carbonyl (C=O) groups excluding carboxylic acids is 3. The third-order valence-corrected chi connectivity index (χ3v) is 6.67. The van der Waals surface area contributed by atoms with Crippen molar-refractivity contribution in [1.29, 1.82) is 0 Å². The lowest BCUT2D eigenvalue weighted by Gasteiger charge is -2.33. The van der Waals surface area contributed by atoms with Crippen LogP contribution in [0.1, 0.15) is 64.9 Å². The number of hydrogen-bond acceptors (Lipinski definition) is 5. The average molecular weight is 485 g/mol. The van der Waals surface area contributed by atoms with Crippen molar-refractivity contribution in [3.05, 3.63) is 35.9 Å². The summed E-state index contributed by atoms with van der Waals surface area (Å²) in [6.45, 7) is 7.23. The van der Waals surface area contributed by atoms with Gasteiger partial charge >= 0.3 is 0 Å². The Bertz CT molecular complexity index is 908. The summed E-state index contributed by atoms with van der Waals surface area (Å²) < 4.78 is 5.99. The van der Waals surface area contributed by atoms with Crippen LogP contribution in [0.3, 0.4) is 0 Å². The molecule has 1 aliphatic heterocycles. The van der Waals surface area contributed by atoms with Crippen LogP contribution in [0.2, 0.25) is 0 Å². The van der Waals surface area contributed by atoms with Crippen LogP contribution >= 0.6 is 0 Å². The van der Waals surface area contributed by atoms with E-state index in [4.69, 9.17) is 4.74 Å². The van der Waals surface area contributed by atoms with Crippen LogP contribution in [0.4, 0.5) is 0 Å². The summed E-state index contributed by atoms with van der Waals surface area (Å²) in [7, 11) is 0. The number of amides is 3. The Hall–Kier alpha value is -2.87. The van der Waals surface area contributed by atoms with Gasteiger partial charge in [0.1, 0.15) is 23.9 Å². The predicted octanol–water partition coefficient (Wildman–Crippen LogP) is 2.54. The normalized spacial score (nSPS) is 25.0. The summed E-state index contributed by atoms with van der Waals surface area (Å²) in [5.41, 5.74) is -0.0782. The maximum Gasteiger partial charge on any atom is 0.246 e. The van der Waals surface area contributed by atoms with Crippen LogP contribution in [0, 0.1) is 5.92 Å². The zero-order chi connectivity index (χ0) is 25.3. The molecule has 1 aliphatic carbocycles. The van der Waals surface area contributed by atoms with E-state index < -0.39 is 17.6 Å². The second-order valence-electron chi connectivity index (χ2n) is 9.88. The summed E-state index contributed by atoms with van der Waals surface area (Å²) in [5.74, 6) is 0.339. The number of rotatable bonds is 3. The fraction of sp³-hybridized carbons (Fsp3) is 0.593. The van der Waals surface area contributed by atoms with Crippen LogP contribution in [0.25, 0.3) is 6.08 Å². The predicted molar refractivity (Wildman–Crippen MR) is 137 cm³/mol. The molecular weight excluding hydrogens is 444 g/mol. The minimum Gasteiger partial charge on any atom is -0.492 e. The second-order valence-corrected chi connectivity index (χ2v) is 9.88. The Balaban J connectivity index is 1.85. The molecule has 1 spiro atoms. The van der Waals surface area contributed by atoms with Gasteiger partial charge in [0.05, 0.1) is 6.04 Å². The van der Waals surface area contributed by atoms with E-state index in [1.807, 2.05) is 43.3 Å². The van der Waals surface area contributed by atoms with E-state index in [2.05, 4.69) is 35.1 Å². The fourth-order valence-electron chi connectivity index (χ4n) is 4.73. The SMILES string of the molecule is CC[C@@H]1NC(=O)C2(CCCC2)NC(=O)[C@H](CC(C)C)NCCOc2ccccc2/C=C\CNC1=O. The Morgan fingerprint density at radius 1 is 1.06 bits per heavy atom. The Morgan fingerprint density at radius 2 is 1.80 bits per heavy atom. The topological polar surface area (TPSA) is 109 Å². The minimum atomic E-state index is -0.984. The van der Waals surface area contributed by atoms with Crippen LogP contribution < -0.4 is 26.0 Å². The molecule has 192 valence electrons. The zero-order valence-electron chi connectivity index (χ0n) is 21.2. The molecule has 3 rings (SSSR count). The molecule has 3 amide bonds. The van der Waals surface area contributed by atoms with Crippen LogP contribution in [0.5, 0.6) is 5.75 Å². The van der Waals surface area contributed by atoms with E-state index in [9.17, 15) is 14.4 Å². The number of nitrogens with one attached hydrogen (secondary N) is 4. The van der Waals surface area contributed by atoms with Gasteiger partial charge in [-0.05, 0) is 37.7 Å². The van der Waals surface area contributed by atoms with Crippen molar-refractivity contribution in [2.24, 2.45) is 5.92 Å². The maximum atomic E-state index is 13.4. The molecule has 8 nitrogen and oxygen atoms in total.